The van der Waals surface area contributed by atoms with Crippen molar-refractivity contribution in [3.8, 4) is 5.75 Å². The Hall–Kier alpha value is -2.50. The minimum atomic E-state index is -3.77. The number of aromatic nitrogens is 2. The maximum Gasteiger partial charge on any atom is 0.263 e. The highest BCUT2D eigenvalue weighted by molar-refractivity contribution is 7.93. The number of ether oxygens (including phenoxy) is 1. The predicted octanol–water partition coefficient (Wildman–Crippen LogP) is 2.90. The monoisotopic (exact) mass is 424 g/mol. The summed E-state index contributed by atoms with van der Waals surface area (Å²) in [4.78, 5) is 21.4. The van der Waals surface area contributed by atoms with Crippen LogP contribution in [0.5, 0.6) is 5.75 Å². The molecule has 142 valence electrons. The van der Waals surface area contributed by atoms with Gasteiger partial charge in [0, 0.05) is 16.5 Å². The van der Waals surface area contributed by atoms with E-state index in [0.29, 0.717) is 16.6 Å². The normalized spacial score (nSPS) is 11.2. The zero-order valence-corrected chi connectivity index (χ0v) is 16.9. The smallest absolute Gasteiger partial charge is 0.263 e. The molecule has 8 nitrogen and oxygen atoms in total. The van der Waals surface area contributed by atoms with Gasteiger partial charge >= 0.3 is 0 Å². The van der Waals surface area contributed by atoms with E-state index in [4.69, 9.17) is 4.74 Å². The summed E-state index contributed by atoms with van der Waals surface area (Å²) in [5, 5.41) is 5.04. The molecule has 0 unspecified atom stereocenters. The van der Waals surface area contributed by atoms with E-state index in [-0.39, 0.29) is 22.4 Å². The molecule has 0 saturated carbocycles. The van der Waals surface area contributed by atoms with E-state index in [0.717, 1.165) is 16.2 Å². The Morgan fingerprint density at radius 3 is 2.59 bits per heavy atom. The van der Waals surface area contributed by atoms with Crippen LogP contribution in [-0.4, -0.2) is 31.4 Å². The molecular weight excluding hydrogens is 408 g/mol. The Bertz CT molecular complexity index is 1040. The van der Waals surface area contributed by atoms with Crippen molar-refractivity contribution < 1.29 is 17.9 Å². The fourth-order valence-electron chi connectivity index (χ4n) is 2.10. The van der Waals surface area contributed by atoms with Crippen molar-refractivity contribution in [1.82, 2.24) is 9.97 Å². The van der Waals surface area contributed by atoms with Crippen LogP contribution in [0.1, 0.15) is 10.6 Å². The minimum Gasteiger partial charge on any atom is -0.497 e. The lowest BCUT2D eigenvalue weighted by atomic mass is 10.3. The fourth-order valence-corrected chi connectivity index (χ4v) is 4.75. The molecule has 3 aromatic rings. The number of sulfonamides is 1. The number of carbonyl (C=O) groups excluding carboxylic acids is 1. The van der Waals surface area contributed by atoms with E-state index in [9.17, 15) is 13.2 Å². The van der Waals surface area contributed by atoms with Gasteiger partial charge in [-0.2, -0.15) is 0 Å². The summed E-state index contributed by atoms with van der Waals surface area (Å²) in [5.41, 5.74) is 0.471. The molecule has 27 heavy (non-hydrogen) atoms. The summed E-state index contributed by atoms with van der Waals surface area (Å²) in [5.74, 6) is 0.297. The summed E-state index contributed by atoms with van der Waals surface area (Å²) in [6.45, 7) is 1.90. The van der Waals surface area contributed by atoms with Gasteiger partial charge in [-0.05, 0) is 31.2 Å². The third-order valence-electron chi connectivity index (χ3n) is 3.35. The average Bonchev–Trinajstić information content (AvgIpc) is 3.23. The zero-order chi connectivity index (χ0) is 19.4. The molecular formula is C16H16N4O4S3. The Morgan fingerprint density at radius 1 is 1.22 bits per heavy atom. The van der Waals surface area contributed by atoms with Gasteiger partial charge in [0.1, 0.15) is 5.75 Å². The zero-order valence-electron chi connectivity index (χ0n) is 14.4. The Labute approximate surface area is 164 Å². The molecule has 1 amide bonds. The molecule has 0 saturated heterocycles. The van der Waals surface area contributed by atoms with Crippen molar-refractivity contribution in [1.29, 1.82) is 0 Å². The molecule has 0 atom stereocenters. The van der Waals surface area contributed by atoms with E-state index in [1.165, 1.54) is 30.6 Å². The number of thiazole rings is 2. The first kappa shape index (κ1) is 19.3. The molecule has 0 fully saturated rings. The number of nitrogens with zero attached hydrogens (tertiary/aromatic N) is 2. The number of anilines is 2. The van der Waals surface area contributed by atoms with Gasteiger partial charge in [0.15, 0.2) is 10.3 Å². The number of hydrogen-bond donors (Lipinski definition) is 2. The highest BCUT2D eigenvalue weighted by Gasteiger charge is 2.17. The summed E-state index contributed by atoms with van der Waals surface area (Å²) < 4.78 is 32.2. The Morgan fingerprint density at radius 2 is 1.96 bits per heavy atom. The standard InChI is InChI=1S/C16H16N4O4S3/c1-10-8-17-15(26-10)19-14(21)7-11-9-25-16(18-11)20-27(22,23)13-5-3-12(24-2)4-6-13/h3-6,8-9H,7H2,1-2H3,(H,18,20)(H,17,19,21). The van der Waals surface area contributed by atoms with E-state index in [2.05, 4.69) is 20.0 Å². The number of benzene rings is 1. The first-order chi connectivity index (χ1) is 12.9. The SMILES string of the molecule is COc1ccc(S(=O)(=O)Nc2nc(CC(=O)Nc3ncc(C)s3)cs2)cc1. The van der Waals surface area contributed by atoms with Crippen LogP contribution in [-0.2, 0) is 21.2 Å². The van der Waals surface area contributed by atoms with Crippen LogP contribution in [0, 0.1) is 6.92 Å². The maximum atomic E-state index is 12.4. The fraction of sp³-hybridized carbons (Fsp3) is 0.188. The van der Waals surface area contributed by atoms with E-state index < -0.39 is 10.0 Å². The van der Waals surface area contributed by atoms with Crippen molar-refractivity contribution in [2.24, 2.45) is 0 Å². The molecule has 0 spiro atoms. The van der Waals surface area contributed by atoms with Crippen LogP contribution >= 0.6 is 22.7 Å². The average molecular weight is 425 g/mol. The topological polar surface area (TPSA) is 110 Å². The van der Waals surface area contributed by atoms with Crippen LogP contribution in [0.2, 0.25) is 0 Å². The molecule has 1 aromatic carbocycles. The molecule has 2 aromatic heterocycles. The third kappa shape index (κ3) is 5.02. The van der Waals surface area contributed by atoms with Crippen molar-refractivity contribution >= 4 is 48.9 Å². The first-order valence-corrected chi connectivity index (χ1v) is 10.9. The highest BCUT2D eigenvalue weighted by Crippen LogP contribution is 2.22. The van der Waals surface area contributed by atoms with Crippen molar-refractivity contribution in [3.63, 3.8) is 0 Å². The largest absolute Gasteiger partial charge is 0.497 e. The Kier molecular flexibility index (Phi) is 5.73. The second-order valence-corrected chi connectivity index (χ2v) is 9.20. The van der Waals surface area contributed by atoms with Gasteiger partial charge in [-0.1, -0.05) is 0 Å². The number of methoxy groups -OCH3 is 1. The number of nitrogens with one attached hydrogen (secondary N) is 2. The van der Waals surface area contributed by atoms with Crippen molar-refractivity contribution in [2.75, 3.05) is 17.1 Å². The third-order valence-corrected chi connectivity index (χ3v) is 6.47. The number of hydrogen-bond acceptors (Lipinski definition) is 8. The van der Waals surface area contributed by atoms with Gasteiger partial charge < -0.3 is 10.1 Å². The molecule has 2 N–H and O–H groups in total. The summed E-state index contributed by atoms with van der Waals surface area (Å²) in [7, 11) is -2.26. The quantitative estimate of drug-likeness (QED) is 0.603. The second-order valence-electron chi connectivity index (χ2n) is 5.43. The van der Waals surface area contributed by atoms with Crippen molar-refractivity contribution in [3.05, 3.63) is 46.4 Å². The van der Waals surface area contributed by atoms with Crippen LogP contribution in [0.15, 0.2) is 40.7 Å². The molecule has 0 aliphatic rings. The predicted molar refractivity (Wildman–Crippen MR) is 105 cm³/mol. The molecule has 0 aliphatic heterocycles. The molecule has 0 aliphatic carbocycles. The van der Waals surface area contributed by atoms with E-state index >= 15 is 0 Å². The first-order valence-electron chi connectivity index (χ1n) is 7.69. The highest BCUT2D eigenvalue weighted by atomic mass is 32.2. The molecule has 2 heterocycles. The van der Waals surface area contributed by atoms with Gasteiger partial charge in [0.25, 0.3) is 10.0 Å². The van der Waals surface area contributed by atoms with Crippen LogP contribution < -0.4 is 14.8 Å². The summed E-state index contributed by atoms with van der Waals surface area (Å²) in [6.07, 6.45) is 1.70. The molecule has 0 bridgehead atoms. The van der Waals surface area contributed by atoms with Crippen LogP contribution in [0.25, 0.3) is 0 Å². The lowest BCUT2D eigenvalue weighted by Gasteiger charge is -2.06. The van der Waals surface area contributed by atoms with Gasteiger partial charge in [0.05, 0.1) is 24.1 Å². The maximum absolute atomic E-state index is 12.4. The van der Waals surface area contributed by atoms with Gasteiger partial charge in [0.2, 0.25) is 5.91 Å². The number of carbonyl (C=O) groups is 1. The molecule has 3 rings (SSSR count). The number of aryl methyl sites for hydroxylation is 1. The summed E-state index contributed by atoms with van der Waals surface area (Å²) in [6, 6.07) is 6.01. The van der Waals surface area contributed by atoms with Gasteiger partial charge in [-0.15, -0.1) is 22.7 Å². The van der Waals surface area contributed by atoms with Crippen LogP contribution in [0.4, 0.5) is 10.3 Å². The van der Waals surface area contributed by atoms with E-state index in [1.54, 1.807) is 23.7 Å². The lowest BCUT2D eigenvalue weighted by molar-refractivity contribution is -0.115. The molecule has 0 radical (unpaired) electrons. The number of amides is 1. The van der Waals surface area contributed by atoms with Crippen molar-refractivity contribution in [2.45, 2.75) is 18.2 Å². The minimum absolute atomic E-state index is 0.0272. The van der Waals surface area contributed by atoms with Crippen LogP contribution in [0.3, 0.4) is 0 Å². The second kappa shape index (κ2) is 8.03. The Balaban J connectivity index is 1.63. The lowest BCUT2D eigenvalue weighted by Crippen LogP contribution is -2.15. The summed E-state index contributed by atoms with van der Waals surface area (Å²) >= 11 is 2.49. The van der Waals surface area contributed by atoms with Gasteiger partial charge in [-0.25, -0.2) is 18.4 Å². The van der Waals surface area contributed by atoms with Gasteiger partial charge in [-0.3, -0.25) is 9.52 Å². The number of rotatable bonds is 7. The van der Waals surface area contributed by atoms with E-state index in [1.807, 2.05) is 6.92 Å². The molecule has 11 heteroatoms.